The number of hydrogen-bond donors (Lipinski definition) is 0. The zero-order valence-corrected chi connectivity index (χ0v) is 19.9. The first-order valence-electron chi connectivity index (χ1n) is 11.2. The predicted molar refractivity (Wildman–Crippen MR) is 124 cm³/mol. The molecule has 9 nitrogen and oxygen atoms in total. The Hall–Kier alpha value is -3.62. The number of anilines is 1. The van der Waals surface area contributed by atoms with Gasteiger partial charge in [0, 0.05) is 30.9 Å². The number of carbonyl (C=O) groups excluding carboxylic acids is 3. The van der Waals surface area contributed by atoms with E-state index in [-0.39, 0.29) is 35.3 Å². The molecule has 9 heteroatoms. The minimum Gasteiger partial charge on any atom is -0.493 e. The fourth-order valence-electron chi connectivity index (χ4n) is 4.12. The van der Waals surface area contributed by atoms with E-state index >= 15 is 0 Å². The van der Waals surface area contributed by atoms with Crippen molar-refractivity contribution in [3.05, 3.63) is 47.8 Å². The van der Waals surface area contributed by atoms with Gasteiger partial charge in [-0.15, -0.1) is 0 Å². The van der Waals surface area contributed by atoms with Gasteiger partial charge in [-0.1, -0.05) is 0 Å². The van der Waals surface area contributed by atoms with E-state index in [4.69, 9.17) is 18.9 Å². The van der Waals surface area contributed by atoms with Crippen molar-refractivity contribution >= 4 is 23.5 Å². The molecule has 1 fully saturated rings. The Labute approximate surface area is 199 Å². The van der Waals surface area contributed by atoms with E-state index < -0.39 is 5.97 Å². The minimum atomic E-state index is -0.524. The SMILES string of the molecule is CCOc1cc(N(C(=O)c2ccc(C(=O)OC)cn2)C2CCC(OC(C)=O)CC2)ccc1OC. The zero-order valence-electron chi connectivity index (χ0n) is 19.9. The van der Waals surface area contributed by atoms with Crippen LogP contribution in [-0.4, -0.2) is 55.8 Å². The molecule has 1 aliphatic rings. The van der Waals surface area contributed by atoms with Crippen molar-refractivity contribution in [2.75, 3.05) is 25.7 Å². The molecule has 0 saturated heterocycles. The van der Waals surface area contributed by atoms with Crippen LogP contribution in [0.25, 0.3) is 0 Å². The second kappa shape index (κ2) is 11.5. The Morgan fingerprint density at radius 2 is 1.76 bits per heavy atom. The molecule has 34 heavy (non-hydrogen) atoms. The van der Waals surface area contributed by atoms with E-state index in [1.165, 1.54) is 32.4 Å². The molecule has 0 aliphatic heterocycles. The molecular formula is C25H30N2O7. The number of hydrogen-bond acceptors (Lipinski definition) is 8. The minimum absolute atomic E-state index is 0.135. The Balaban J connectivity index is 1.94. The lowest BCUT2D eigenvalue weighted by atomic mass is 9.91. The van der Waals surface area contributed by atoms with Crippen molar-refractivity contribution in [3.8, 4) is 11.5 Å². The van der Waals surface area contributed by atoms with Gasteiger partial charge in [-0.05, 0) is 56.9 Å². The third-order valence-electron chi connectivity index (χ3n) is 5.69. The number of aromatic nitrogens is 1. The summed E-state index contributed by atoms with van der Waals surface area (Å²) in [6.45, 7) is 3.72. The van der Waals surface area contributed by atoms with Crippen LogP contribution in [0, 0.1) is 0 Å². The van der Waals surface area contributed by atoms with Crippen LogP contribution in [0.5, 0.6) is 11.5 Å². The summed E-state index contributed by atoms with van der Waals surface area (Å²) in [4.78, 5) is 42.7. The molecule has 0 unspecified atom stereocenters. The standard InChI is InChI=1S/C25H30N2O7/c1-5-33-23-14-19(9-13-22(23)31-3)27(18-7-10-20(11-8-18)34-16(2)28)24(29)21-12-6-17(15-26-21)25(30)32-4/h6,9,12-15,18,20H,5,7-8,10-11H2,1-4H3. The Bertz CT molecular complexity index is 1010. The molecule has 1 aromatic carbocycles. The van der Waals surface area contributed by atoms with E-state index in [9.17, 15) is 14.4 Å². The average Bonchev–Trinajstić information content (AvgIpc) is 2.85. The number of methoxy groups -OCH3 is 2. The van der Waals surface area contributed by atoms with Crippen LogP contribution in [-0.2, 0) is 14.3 Å². The van der Waals surface area contributed by atoms with E-state index in [0.29, 0.717) is 49.5 Å². The maximum atomic E-state index is 13.7. The molecule has 1 amide bonds. The van der Waals surface area contributed by atoms with Crippen molar-refractivity contribution in [1.29, 1.82) is 0 Å². The number of amides is 1. The summed E-state index contributed by atoms with van der Waals surface area (Å²) in [5.74, 6) is -0.0357. The van der Waals surface area contributed by atoms with Crippen molar-refractivity contribution < 1.29 is 33.3 Å². The van der Waals surface area contributed by atoms with E-state index in [0.717, 1.165) is 0 Å². The lowest BCUT2D eigenvalue weighted by Gasteiger charge is -2.36. The first kappa shape index (κ1) is 25.0. The van der Waals surface area contributed by atoms with Gasteiger partial charge in [0.2, 0.25) is 0 Å². The Kier molecular flexibility index (Phi) is 8.45. The molecule has 1 aliphatic carbocycles. The van der Waals surface area contributed by atoms with E-state index in [2.05, 4.69) is 4.98 Å². The fraction of sp³-hybridized carbons (Fsp3) is 0.440. The molecule has 0 radical (unpaired) electrons. The Morgan fingerprint density at radius 3 is 2.32 bits per heavy atom. The van der Waals surface area contributed by atoms with Gasteiger partial charge >= 0.3 is 11.9 Å². The third kappa shape index (κ3) is 5.84. The number of pyridine rings is 1. The second-order valence-electron chi connectivity index (χ2n) is 7.91. The highest BCUT2D eigenvalue weighted by molar-refractivity contribution is 6.05. The molecule has 1 saturated carbocycles. The van der Waals surface area contributed by atoms with Crippen molar-refractivity contribution in [2.24, 2.45) is 0 Å². The lowest BCUT2D eigenvalue weighted by Crippen LogP contribution is -2.44. The number of ether oxygens (including phenoxy) is 4. The van der Waals surface area contributed by atoms with Gasteiger partial charge in [-0.25, -0.2) is 4.79 Å². The highest BCUT2D eigenvalue weighted by atomic mass is 16.5. The molecule has 0 spiro atoms. The van der Waals surface area contributed by atoms with Gasteiger partial charge in [-0.3, -0.25) is 14.6 Å². The monoisotopic (exact) mass is 470 g/mol. The molecule has 1 aromatic heterocycles. The van der Waals surface area contributed by atoms with Crippen LogP contribution in [0.2, 0.25) is 0 Å². The average molecular weight is 471 g/mol. The predicted octanol–water partition coefficient (Wildman–Crippen LogP) is 3.80. The number of nitrogens with zero attached hydrogens (tertiary/aromatic N) is 2. The van der Waals surface area contributed by atoms with Gasteiger partial charge in [0.25, 0.3) is 5.91 Å². The molecule has 0 N–H and O–H groups in total. The first-order chi connectivity index (χ1) is 16.4. The third-order valence-corrected chi connectivity index (χ3v) is 5.69. The van der Waals surface area contributed by atoms with Gasteiger partial charge < -0.3 is 23.8 Å². The topological polar surface area (TPSA) is 104 Å². The normalized spacial score (nSPS) is 17.4. The van der Waals surface area contributed by atoms with Crippen LogP contribution in [0.3, 0.4) is 0 Å². The number of carbonyl (C=O) groups is 3. The maximum Gasteiger partial charge on any atom is 0.339 e. The van der Waals surface area contributed by atoms with Crippen LogP contribution < -0.4 is 14.4 Å². The molecular weight excluding hydrogens is 440 g/mol. The number of benzene rings is 1. The van der Waals surface area contributed by atoms with Gasteiger partial charge in [-0.2, -0.15) is 0 Å². The fourth-order valence-corrected chi connectivity index (χ4v) is 4.12. The summed E-state index contributed by atoms with van der Waals surface area (Å²) in [5.41, 5.74) is 1.10. The smallest absolute Gasteiger partial charge is 0.339 e. The lowest BCUT2D eigenvalue weighted by molar-refractivity contribution is -0.147. The van der Waals surface area contributed by atoms with Gasteiger partial charge in [0.1, 0.15) is 11.8 Å². The molecule has 0 bridgehead atoms. The van der Waals surface area contributed by atoms with Crippen LogP contribution in [0.1, 0.15) is 60.4 Å². The molecule has 2 aromatic rings. The van der Waals surface area contributed by atoms with E-state index in [1.54, 1.807) is 30.2 Å². The largest absolute Gasteiger partial charge is 0.493 e. The quantitative estimate of drug-likeness (QED) is 0.537. The maximum absolute atomic E-state index is 13.7. The molecule has 3 rings (SSSR count). The summed E-state index contributed by atoms with van der Waals surface area (Å²) >= 11 is 0. The molecule has 1 heterocycles. The van der Waals surface area contributed by atoms with E-state index in [1.807, 2.05) is 6.92 Å². The number of rotatable bonds is 8. The highest BCUT2D eigenvalue weighted by Gasteiger charge is 2.32. The van der Waals surface area contributed by atoms with Gasteiger partial charge in [0.05, 0.1) is 26.4 Å². The summed E-state index contributed by atoms with van der Waals surface area (Å²) in [5, 5.41) is 0. The van der Waals surface area contributed by atoms with Crippen molar-refractivity contribution in [3.63, 3.8) is 0 Å². The van der Waals surface area contributed by atoms with Crippen molar-refractivity contribution in [2.45, 2.75) is 51.7 Å². The number of esters is 2. The molecule has 182 valence electrons. The second-order valence-corrected chi connectivity index (χ2v) is 7.91. The zero-order chi connectivity index (χ0) is 24.7. The van der Waals surface area contributed by atoms with Crippen LogP contribution in [0.15, 0.2) is 36.5 Å². The summed E-state index contributed by atoms with van der Waals surface area (Å²) in [7, 11) is 2.85. The van der Waals surface area contributed by atoms with Crippen molar-refractivity contribution in [1.82, 2.24) is 4.98 Å². The summed E-state index contributed by atoms with van der Waals surface area (Å²) in [6.07, 6.45) is 3.78. The van der Waals surface area contributed by atoms with Crippen LogP contribution >= 0.6 is 0 Å². The summed E-state index contributed by atoms with van der Waals surface area (Å²) in [6, 6.07) is 8.24. The Morgan fingerprint density at radius 1 is 1.03 bits per heavy atom. The van der Waals surface area contributed by atoms with Crippen LogP contribution in [0.4, 0.5) is 5.69 Å². The first-order valence-corrected chi connectivity index (χ1v) is 11.2. The molecule has 0 atom stereocenters. The highest BCUT2D eigenvalue weighted by Crippen LogP contribution is 2.36. The van der Waals surface area contributed by atoms with Gasteiger partial charge in [0.15, 0.2) is 11.5 Å². The summed E-state index contributed by atoms with van der Waals surface area (Å²) < 4.78 is 21.2.